The summed E-state index contributed by atoms with van der Waals surface area (Å²) < 4.78 is 39.6. The van der Waals surface area contributed by atoms with E-state index in [1.807, 2.05) is 29.2 Å². The van der Waals surface area contributed by atoms with E-state index in [0.717, 1.165) is 23.4 Å². The molecule has 1 N–H and O–H groups in total. The van der Waals surface area contributed by atoms with Gasteiger partial charge in [0.05, 0.1) is 12.6 Å². The summed E-state index contributed by atoms with van der Waals surface area (Å²) in [5.41, 5.74) is 1.85. The number of benzene rings is 2. The van der Waals surface area contributed by atoms with Crippen LogP contribution in [-0.2, 0) is 17.9 Å². The molecule has 0 radical (unpaired) electrons. The van der Waals surface area contributed by atoms with Crippen LogP contribution >= 0.6 is 0 Å². The van der Waals surface area contributed by atoms with Gasteiger partial charge >= 0.3 is 0 Å². The van der Waals surface area contributed by atoms with Crippen LogP contribution in [-0.4, -0.2) is 36.8 Å². The molecule has 0 spiro atoms. The molecule has 1 heterocycles. The predicted octanol–water partition coefficient (Wildman–Crippen LogP) is 5.05. The summed E-state index contributed by atoms with van der Waals surface area (Å²) in [7, 11) is 0. The Morgan fingerprint density at radius 2 is 1.81 bits per heavy atom. The molecule has 2 atom stereocenters. The maximum absolute atomic E-state index is 14.7. The molecule has 1 aliphatic heterocycles. The molecular formula is C25H32F2N2O2. The fourth-order valence-electron chi connectivity index (χ4n) is 3.53. The van der Waals surface area contributed by atoms with E-state index in [-0.39, 0.29) is 11.9 Å². The molecular weight excluding hydrogens is 398 g/mol. The van der Waals surface area contributed by atoms with Gasteiger partial charge in [0.15, 0.2) is 5.88 Å². The molecule has 0 saturated carbocycles. The van der Waals surface area contributed by atoms with Gasteiger partial charge < -0.3 is 19.7 Å². The first kappa shape index (κ1) is 23.1. The molecule has 1 saturated heterocycles. The summed E-state index contributed by atoms with van der Waals surface area (Å²) in [6.07, 6.45) is -0.390. The molecule has 4 nitrogen and oxygen atoms in total. The monoisotopic (exact) mass is 430 g/mol. The van der Waals surface area contributed by atoms with Gasteiger partial charge in [0.1, 0.15) is 24.3 Å². The van der Waals surface area contributed by atoms with Gasteiger partial charge in [0.2, 0.25) is 0 Å². The summed E-state index contributed by atoms with van der Waals surface area (Å²) in [5, 5.41) is 3.08. The minimum atomic E-state index is -1.04. The molecule has 31 heavy (non-hydrogen) atoms. The molecule has 2 aromatic rings. The number of alkyl halides is 1. The van der Waals surface area contributed by atoms with E-state index < -0.39 is 6.17 Å². The van der Waals surface area contributed by atoms with Crippen LogP contribution in [0.15, 0.2) is 61.0 Å². The van der Waals surface area contributed by atoms with Crippen molar-refractivity contribution in [3.8, 4) is 5.75 Å². The van der Waals surface area contributed by atoms with Gasteiger partial charge in [-0.25, -0.2) is 8.78 Å². The molecule has 0 aromatic heterocycles. The average molecular weight is 431 g/mol. The van der Waals surface area contributed by atoms with Crippen molar-refractivity contribution in [1.82, 2.24) is 10.2 Å². The van der Waals surface area contributed by atoms with Gasteiger partial charge in [0.25, 0.3) is 0 Å². The smallest absolute Gasteiger partial charge is 0.182 e. The zero-order chi connectivity index (χ0) is 22.2. The highest BCUT2D eigenvalue weighted by Crippen LogP contribution is 2.24. The quantitative estimate of drug-likeness (QED) is 0.535. The van der Waals surface area contributed by atoms with Crippen molar-refractivity contribution in [2.24, 2.45) is 5.92 Å². The Morgan fingerprint density at radius 1 is 1.13 bits per heavy atom. The molecule has 0 unspecified atom stereocenters. The van der Waals surface area contributed by atoms with E-state index in [4.69, 9.17) is 9.47 Å². The van der Waals surface area contributed by atoms with E-state index in [1.54, 1.807) is 12.1 Å². The second-order valence-corrected chi connectivity index (χ2v) is 8.36. The highest BCUT2D eigenvalue weighted by atomic mass is 19.1. The fraction of sp³-hybridized carbons (Fsp3) is 0.440. The highest BCUT2D eigenvalue weighted by Gasteiger charge is 2.31. The second kappa shape index (κ2) is 11.1. The first-order valence-corrected chi connectivity index (χ1v) is 10.8. The van der Waals surface area contributed by atoms with Crippen LogP contribution in [0.5, 0.6) is 5.75 Å². The van der Waals surface area contributed by atoms with Crippen LogP contribution in [0.1, 0.15) is 31.4 Å². The molecule has 0 bridgehead atoms. The maximum Gasteiger partial charge on any atom is 0.182 e. The highest BCUT2D eigenvalue weighted by molar-refractivity contribution is 5.27. The first-order chi connectivity index (χ1) is 14.9. The number of hydrogen-bond donors (Lipinski definition) is 1. The van der Waals surface area contributed by atoms with Crippen molar-refractivity contribution in [2.75, 3.05) is 19.7 Å². The first-order valence-electron chi connectivity index (χ1n) is 10.8. The Kier molecular flexibility index (Phi) is 8.29. The molecule has 0 amide bonds. The Morgan fingerprint density at radius 3 is 2.45 bits per heavy atom. The molecule has 2 aromatic carbocycles. The number of nitrogens with zero attached hydrogens (tertiary/aromatic N) is 1. The lowest BCUT2D eigenvalue weighted by Crippen LogP contribution is -2.50. The topological polar surface area (TPSA) is 33.7 Å². The van der Waals surface area contributed by atoms with Crippen molar-refractivity contribution < 1.29 is 18.3 Å². The number of halogens is 2. The van der Waals surface area contributed by atoms with Crippen LogP contribution in [0.2, 0.25) is 0 Å². The lowest BCUT2D eigenvalue weighted by atomic mass is 10.0. The van der Waals surface area contributed by atoms with Gasteiger partial charge in [-0.1, -0.05) is 38.1 Å². The number of ether oxygens (including phenoxy) is 2. The maximum atomic E-state index is 14.7. The molecule has 0 aliphatic carbocycles. The molecule has 3 rings (SSSR count). The summed E-state index contributed by atoms with van der Waals surface area (Å²) in [6.45, 7) is 10.7. The third-order valence-corrected chi connectivity index (χ3v) is 5.27. The van der Waals surface area contributed by atoms with Gasteiger partial charge in [-0.2, -0.15) is 0 Å². The zero-order valence-corrected chi connectivity index (χ0v) is 18.3. The lowest BCUT2D eigenvalue weighted by Gasteiger charge is -2.38. The van der Waals surface area contributed by atoms with E-state index in [9.17, 15) is 8.78 Å². The van der Waals surface area contributed by atoms with E-state index in [1.165, 1.54) is 12.1 Å². The number of rotatable bonds is 10. The average Bonchev–Trinajstić information content (AvgIpc) is 2.77. The van der Waals surface area contributed by atoms with Crippen LogP contribution in [0.3, 0.4) is 0 Å². The van der Waals surface area contributed by atoms with Crippen molar-refractivity contribution in [3.63, 3.8) is 0 Å². The Balaban J connectivity index is 1.64. The minimum Gasteiger partial charge on any atom is -0.493 e. The molecule has 1 fully saturated rings. The Bertz CT molecular complexity index is 824. The third kappa shape index (κ3) is 6.96. The Hall–Kier alpha value is -2.60. The number of nitrogens with one attached hydrogen (secondary N) is 1. The summed E-state index contributed by atoms with van der Waals surface area (Å²) >= 11 is 0. The zero-order valence-electron chi connectivity index (χ0n) is 18.3. The minimum absolute atomic E-state index is 0.295. The van der Waals surface area contributed by atoms with Gasteiger partial charge in [0, 0.05) is 13.1 Å². The van der Waals surface area contributed by atoms with Crippen LogP contribution < -0.4 is 10.1 Å². The Labute approximate surface area is 183 Å². The van der Waals surface area contributed by atoms with Crippen LogP contribution in [0.25, 0.3) is 0 Å². The SMILES string of the molecule is C=C(OCc1ccc(OCC(C)C)cc1)N(Cc1ccc(F)cc1)[C@H]1CCNC[C@H]1F. The third-order valence-electron chi connectivity index (χ3n) is 5.27. The normalized spacial score (nSPS) is 18.6. The van der Waals surface area contributed by atoms with Gasteiger partial charge in [-0.3, -0.25) is 0 Å². The summed E-state index contributed by atoms with van der Waals surface area (Å²) in [6, 6.07) is 13.6. The number of piperidine rings is 1. The van der Waals surface area contributed by atoms with Crippen LogP contribution in [0, 0.1) is 11.7 Å². The standard InChI is InChI=1S/C25H32F2N2O2/c1-18(2)16-31-23-10-6-21(7-11-23)17-30-19(3)29(25-12-13-28-14-24(25)27)15-20-4-8-22(26)9-5-20/h4-11,18,24-25,28H,3,12-17H2,1-2H3/t24-,25+/m1/s1. The van der Waals surface area contributed by atoms with E-state index >= 15 is 0 Å². The summed E-state index contributed by atoms with van der Waals surface area (Å²) in [5.74, 6) is 1.41. The van der Waals surface area contributed by atoms with Crippen molar-refractivity contribution in [3.05, 3.63) is 77.9 Å². The molecule has 1 aliphatic rings. The van der Waals surface area contributed by atoms with Crippen LogP contribution in [0.4, 0.5) is 8.78 Å². The predicted molar refractivity (Wildman–Crippen MR) is 119 cm³/mol. The summed E-state index contributed by atoms with van der Waals surface area (Å²) in [4.78, 5) is 1.86. The molecule has 6 heteroatoms. The van der Waals surface area contributed by atoms with Crippen molar-refractivity contribution in [2.45, 2.75) is 45.6 Å². The van der Waals surface area contributed by atoms with E-state index in [0.29, 0.717) is 44.5 Å². The second-order valence-electron chi connectivity index (χ2n) is 8.36. The van der Waals surface area contributed by atoms with Crippen molar-refractivity contribution in [1.29, 1.82) is 0 Å². The van der Waals surface area contributed by atoms with Crippen molar-refractivity contribution >= 4 is 0 Å². The van der Waals surface area contributed by atoms with Gasteiger partial charge in [-0.15, -0.1) is 0 Å². The van der Waals surface area contributed by atoms with Gasteiger partial charge in [-0.05, 0) is 60.9 Å². The number of hydrogen-bond acceptors (Lipinski definition) is 4. The fourth-order valence-corrected chi connectivity index (χ4v) is 3.53. The lowest BCUT2D eigenvalue weighted by molar-refractivity contribution is 0.0295. The largest absolute Gasteiger partial charge is 0.493 e. The van der Waals surface area contributed by atoms with E-state index in [2.05, 4.69) is 25.7 Å². The molecule has 168 valence electrons.